The molecule has 6 rings (SSSR count). The Bertz CT molecular complexity index is 1710. The Morgan fingerprint density at radius 3 is 1.54 bits per heavy atom. The predicted octanol–water partition coefficient (Wildman–Crippen LogP) is 10.8. The molecule has 0 amide bonds. The van der Waals surface area contributed by atoms with E-state index in [0.29, 0.717) is 11.6 Å². The molecule has 0 aliphatic rings. The van der Waals surface area contributed by atoms with Crippen LogP contribution in [0.1, 0.15) is 34.2 Å². The van der Waals surface area contributed by atoms with Gasteiger partial charge in [0.1, 0.15) is 0 Å². The first-order valence-electron chi connectivity index (χ1n) is 15.6. The molecule has 50 heavy (non-hydrogen) atoms. The Morgan fingerprint density at radius 1 is 0.620 bits per heavy atom. The Kier molecular flexibility index (Phi) is 13.6. The molecular weight excluding hydrogens is 844 g/mol. The second kappa shape index (κ2) is 17.6. The van der Waals surface area contributed by atoms with Crippen molar-refractivity contribution in [3.63, 3.8) is 0 Å². The number of nitrogens with zero attached hydrogens (tertiary/aromatic N) is 1. The Balaban J connectivity index is 0.000000230. The van der Waals surface area contributed by atoms with Crippen molar-refractivity contribution in [2.75, 3.05) is 6.16 Å². The maximum Gasteiger partial charge on any atom is 0.399 e. The van der Waals surface area contributed by atoms with Gasteiger partial charge in [-0.25, -0.2) is 0 Å². The van der Waals surface area contributed by atoms with Crippen LogP contribution in [0.4, 0.5) is 26.3 Å². The van der Waals surface area contributed by atoms with Crippen LogP contribution in [0.3, 0.4) is 0 Å². The fourth-order valence-corrected chi connectivity index (χ4v) is 8.03. The van der Waals surface area contributed by atoms with Crippen molar-refractivity contribution >= 4 is 18.5 Å². The van der Waals surface area contributed by atoms with Crippen LogP contribution in [0.25, 0.3) is 11.3 Å². The van der Waals surface area contributed by atoms with Gasteiger partial charge in [0, 0.05) is 26.3 Å². The average Bonchev–Trinajstić information content (AvgIpc) is 3.11. The molecule has 0 spiro atoms. The predicted molar refractivity (Wildman–Crippen MR) is 188 cm³/mol. The quantitative estimate of drug-likeness (QED) is 0.0843. The zero-order valence-electron chi connectivity index (χ0n) is 26.9. The van der Waals surface area contributed by atoms with Crippen LogP contribution in [0, 0.1) is 18.9 Å². The molecule has 0 bridgehead atoms. The zero-order chi connectivity index (χ0) is 34.9. The fraction of sp³-hybridized carbons (Fsp3) is 0.122. The van der Waals surface area contributed by atoms with Crippen molar-refractivity contribution in [1.82, 2.24) is 4.98 Å². The van der Waals surface area contributed by atoms with E-state index in [-0.39, 0.29) is 37.4 Å². The number of alkyl halides is 6. The van der Waals surface area contributed by atoms with Gasteiger partial charge in [-0.15, -0.1) is 65.1 Å². The number of rotatable bonds is 8. The second-order valence-electron chi connectivity index (χ2n) is 11.3. The summed E-state index contributed by atoms with van der Waals surface area (Å²) >= 11 is 0. The molecule has 0 fully saturated rings. The van der Waals surface area contributed by atoms with Crippen molar-refractivity contribution in [1.29, 1.82) is 0 Å². The van der Waals surface area contributed by atoms with Gasteiger partial charge in [-0.3, -0.25) is 0 Å². The molecule has 0 saturated heterocycles. The first-order valence-corrected chi connectivity index (χ1v) is 17.3. The van der Waals surface area contributed by atoms with Crippen LogP contribution in [0.15, 0.2) is 152 Å². The van der Waals surface area contributed by atoms with Gasteiger partial charge in [-0.1, -0.05) is 84.4 Å². The number of benzene rings is 5. The summed E-state index contributed by atoms with van der Waals surface area (Å²) in [5, 5.41) is 2.97. The average molecular weight is 877 g/mol. The fourth-order valence-electron chi connectivity index (χ4n) is 5.43. The SMILES string of the molecule is Cc1ccnc(-c2[c-]c(C(F)(F)F)cc(C(F)(F)F)c2)c1.[Ir].c1ccc([C-](CC[PH+](c2ccccc2)c2ccccc2)c2ccccc2)cc1. The summed E-state index contributed by atoms with van der Waals surface area (Å²) in [4.78, 5) is 3.79. The van der Waals surface area contributed by atoms with Crippen LogP contribution in [-0.4, -0.2) is 11.1 Å². The number of hydrogen-bond acceptors (Lipinski definition) is 1. The van der Waals surface area contributed by atoms with E-state index in [1.165, 1.54) is 46.1 Å². The summed E-state index contributed by atoms with van der Waals surface area (Å²) in [5.74, 6) is 1.44. The molecule has 1 radical (unpaired) electrons. The van der Waals surface area contributed by atoms with Crippen LogP contribution < -0.4 is 10.6 Å². The summed E-state index contributed by atoms with van der Waals surface area (Å²) < 4.78 is 76.3. The molecule has 0 aliphatic carbocycles. The Labute approximate surface area is 303 Å². The van der Waals surface area contributed by atoms with E-state index in [1.54, 1.807) is 13.0 Å². The van der Waals surface area contributed by atoms with Gasteiger partial charge in [0.15, 0.2) is 0 Å². The molecule has 0 N–H and O–H groups in total. The number of aryl methyl sites for hydroxylation is 1. The van der Waals surface area contributed by atoms with Gasteiger partial charge in [-0.05, 0) is 60.5 Å². The molecule has 0 unspecified atom stereocenters. The van der Waals surface area contributed by atoms with Gasteiger partial charge in [0.05, 0.1) is 24.7 Å². The van der Waals surface area contributed by atoms with E-state index in [2.05, 4.69) is 126 Å². The molecule has 0 atom stereocenters. The monoisotopic (exact) mass is 877 g/mol. The third-order valence-corrected chi connectivity index (χ3v) is 10.6. The molecule has 0 saturated carbocycles. The van der Waals surface area contributed by atoms with E-state index in [0.717, 1.165) is 6.42 Å². The molecule has 0 aliphatic heterocycles. The summed E-state index contributed by atoms with van der Waals surface area (Å²) in [7, 11) is -0.830. The minimum absolute atomic E-state index is 0. The van der Waals surface area contributed by atoms with Crippen molar-refractivity contribution < 1.29 is 46.4 Å². The van der Waals surface area contributed by atoms with Gasteiger partial charge in [0.2, 0.25) is 0 Å². The molecule has 259 valence electrons. The van der Waals surface area contributed by atoms with Crippen molar-refractivity contribution in [2.45, 2.75) is 25.7 Å². The summed E-state index contributed by atoms with van der Waals surface area (Å²) in [5.41, 5.74) is 0.127. The van der Waals surface area contributed by atoms with Crippen LogP contribution >= 0.6 is 7.92 Å². The number of halogens is 6. The first-order chi connectivity index (χ1) is 23.5. The molecule has 5 aromatic carbocycles. The number of aromatic nitrogens is 1. The minimum atomic E-state index is -4.92. The van der Waals surface area contributed by atoms with Gasteiger partial charge < -0.3 is 4.98 Å². The number of pyridine rings is 1. The van der Waals surface area contributed by atoms with Crippen LogP contribution in [0.5, 0.6) is 0 Å². The van der Waals surface area contributed by atoms with E-state index in [1.807, 2.05) is 6.07 Å². The van der Waals surface area contributed by atoms with Gasteiger partial charge >= 0.3 is 12.4 Å². The second-order valence-corrected chi connectivity index (χ2v) is 13.9. The van der Waals surface area contributed by atoms with Crippen LogP contribution in [-0.2, 0) is 32.5 Å². The van der Waals surface area contributed by atoms with E-state index >= 15 is 0 Å². The minimum Gasteiger partial charge on any atom is -0.305 e. The first kappa shape index (κ1) is 38.6. The summed E-state index contributed by atoms with van der Waals surface area (Å²) in [6, 6.07) is 49.3. The van der Waals surface area contributed by atoms with Crippen molar-refractivity contribution in [3.05, 3.63) is 192 Å². The third-order valence-electron chi connectivity index (χ3n) is 7.81. The zero-order valence-corrected chi connectivity index (χ0v) is 30.3. The van der Waals surface area contributed by atoms with E-state index in [4.69, 9.17) is 0 Å². The molecule has 9 heteroatoms. The van der Waals surface area contributed by atoms with Crippen LogP contribution in [0.2, 0.25) is 0 Å². The normalized spacial score (nSPS) is 11.3. The molecule has 1 nitrogen and oxygen atoms in total. The molecule has 1 aromatic heterocycles. The summed E-state index contributed by atoms with van der Waals surface area (Å²) in [6.07, 6.45) is -6.23. The largest absolute Gasteiger partial charge is 0.399 e. The van der Waals surface area contributed by atoms with E-state index < -0.39 is 31.4 Å². The Hall–Kier alpha value is -4.22. The summed E-state index contributed by atoms with van der Waals surface area (Å²) in [6.45, 7) is 1.66. The maximum atomic E-state index is 12.7. The van der Waals surface area contributed by atoms with E-state index in [9.17, 15) is 26.3 Å². The maximum absolute atomic E-state index is 12.7. The molecular formula is C41H33F6IrNP-. The number of hydrogen-bond donors (Lipinski definition) is 0. The Morgan fingerprint density at radius 2 is 1.10 bits per heavy atom. The van der Waals surface area contributed by atoms with Gasteiger partial charge in [-0.2, -0.15) is 26.3 Å². The standard InChI is InChI=1S/C27H24P.C14H8F6N.Ir/c1-5-13-23(14-6-1)27(24-15-7-2-8-16-24)21-22-28(25-17-9-3-10-18-25)26-19-11-4-12-20-26;1-8-2-3-21-12(4-8)9-5-10(13(15,16)17)7-11(6-9)14(18,19)20;/h1-20H,21-22H2;2-5,7H,1H3;/q2*-1;/p+1. The van der Waals surface area contributed by atoms with Crippen molar-refractivity contribution in [2.24, 2.45) is 0 Å². The third kappa shape index (κ3) is 10.6. The topological polar surface area (TPSA) is 12.9 Å². The molecule has 6 aromatic rings. The van der Waals surface area contributed by atoms with Gasteiger partial charge in [0.25, 0.3) is 0 Å². The molecule has 1 heterocycles. The smallest absolute Gasteiger partial charge is 0.305 e. The van der Waals surface area contributed by atoms with Crippen molar-refractivity contribution in [3.8, 4) is 11.3 Å².